The van der Waals surface area contributed by atoms with E-state index in [0.717, 1.165) is 36.9 Å². The molecule has 0 saturated heterocycles. The van der Waals surface area contributed by atoms with Gasteiger partial charge in [-0.1, -0.05) is 24.6 Å². The van der Waals surface area contributed by atoms with Crippen molar-refractivity contribution in [3.05, 3.63) is 34.6 Å². The largest absolute Gasteiger partial charge is 0.450 e. The molecule has 0 aliphatic heterocycles. The Balaban J connectivity index is 2.11. The van der Waals surface area contributed by atoms with Gasteiger partial charge in [-0.25, -0.2) is 4.79 Å². The summed E-state index contributed by atoms with van der Waals surface area (Å²) < 4.78 is 7.00. The quantitative estimate of drug-likeness (QED) is 0.783. The van der Waals surface area contributed by atoms with E-state index in [4.69, 9.17) is 16.3 Å². The van der Waals surface area contributed by atoms with Crippen LogP contribution in [0.25, 0.3) is 5.69 Å². The maximum atomic E-state index is 12.6. The number of carbonyl (C=O) groups excluding carboxylic acids is 1. The van der Waals surface area contributed by atoms with E-state index in [1.165, 1.54) is 0 Å². The van der Waals surface area contributed by atoms with Crippen molar-refractivity contribution in [3.8, 4) is 5.69 Å². The number of hydrogen-bond acceptors (Lipinski definition) is 5. The first kappa shape index (κ1) is 19.6. The SMILES string of the molecule is CCOC(=O)N(C)C1(c2nnnn2-c2cccc(Cl)c2C)CCC(C)CC1. The third-order valence-electron chi connectivity index (χ3n) is 5.64. The van der Waals surface area contributed by atoms with Crippen molar-refractivity contribution in [2.45, 2.75) is 52.0 Å². The molecule has 7 nitrogen and oxygen atoms in total. The van der Waals surface area contributed by atoms with Gasteiger partial charge in [0.1, 0.15) is 5.54 Å². The lowest BCUT2D eigenvalue weighted by Crippen LogP contribution is -2.51. The summed E-state index contributed by atoms with van der Waals surface area (Å²) in [5.41, 5.74) is 1.10. The van der Waals surface area contributed by atoms with Gasteiger partial charge in [0.25, 0.3) is 0 Å². The molecule has 0 spiro atoms. The van der Waals surface area contributed by atoms with E-state index in [0.29, 0.717) is 23.4 Å². The second kappa shape index (κ2) is 7.84. The molecule has 1 fully saturated rings. The molecular formula is C19H26ClN5O2. The van der Waals surface area contributed by atoms with Crippen LogP contribution in [0.2, 0.25) is 5.02 Å². The standard InChI is InChI=1S/C19H26ClN5O2/c1-5-27-18(26)24(4)19(11-9-13(2)10-12-19)17-21-22-23-25(17)16-8-6-7-15(20)14(16)3/h6-8,13H,5,9-12H2,1-4H3. The molecule has 2 aromatic rings. The lowest BCUT2D eigenvalue weighted by molar-refractivity contribution is 0.0311. The molecule has 1 amide bonds. The number of benzene rings is 1. The number of nitrogens with zero attached hydrogens (tertiary/aromatic N) is 5. The summed E-state index contributed by atoms with van der Waals surface area (Å²) in [5.74, 6) is 1.25. The van der Waals surface area contributed by atoms with Crippen molar-refractivity contribution in [1.82, 2.24) is 25.1 Å². The summed E-state index contributed by atoms with van der Waals surface area (Å²) in [5, 5.41) is 13.2. The van der Waals surface area contributed by atoms with Gasteiger partial charge in [0.05, 0.1) is 12.3 Å². The Morgan fingerprint density at radius 1 is 1.41 bits per heavy atom. The maximum absolute atomic E-state index is 12.6. The second-order valence-electron chi connectivity index (χ2n) is 7.27. The van der Waals surface area contributed by atoms with Gasteiger partial charge in [0.2, 0.25) is 0 Å². The Bertz CT molecular complexity index is 814. The summed E-state index contributed by atoms with van der Waals surface area (Å²) in [6.45, 7) is 6.31. The van der Waals surface area contributed by atoms with Crippen molar-refractivity contribution in [2.75, 3.05) is 13.7 Å². The van der Waals surface area contributed by atoms with Crippen molar-refractivity contribution in [1.29, 1.82) is 0 Å². The van der Waals surface area contributed by atoms with Crippen molar-refractivity contribution in [2.24, 2.45) is 5.92 Å². The molecule has 0 N–H and O–H groups in total. The van der Waals surface area contributed by atoms with E-state index in [1.807, 2.05) is 25.1 Å². The summed E-state index contributed by atoms with van der Waals surface area (Å²) in [6, 6.07) is 5.65. The average Bonchev–Trinajstić information content (AvgIpc) is 3.14. The van der Waals surface area contributed by atoms with Crippen LogP contribution in [0.15, 0.2) is 18.2 Å². The zero-order valence-electron chi connectivity index (χ0n) is 16.3. The van der Waals surface area contributed by atoms with Crippen LogP contribution in [0.1, 0.15) is 50.9 Å². The number of carbonyl (C=O) groups is 1. The molecule has 1 aromatic carbocycles. The van der Waals surface area contributed by atoms with Gasteiger partial charge >= 0.3 is 6.09 Å². The molecule has 1 aromatic heterocycles. The number of aromatic nitrogens is 4. The smallest absolute Gasteiger partial charge is 0.410 e. The van der Waals surface area contributed by atoms with Crippen LogP contribution in [0.4, 0.5) is 4.79 Å². The zero-order valence-corrected chi connectivity index (χ0v) is 17.0. The highest BCUT2D eigenvalue weighted by atomic mass is 35.5. The lowest BCUT2D eigenvalue weighted by atomic mass is 9.75. The molecule has 0 unspecified atom stereocenters. The summed E-state index contributed by atoms with van der Waals surface area (Å²) in [7, 11) is 1.78. The maximum Gasteiger partial charge on any atom is 0.410 e. The van der Waals surface area contributed by atoms with Crippen LogP contribution in [-0.4, -0.2) is 44.9 Å². The van der Waals surface area contributed by atoms with Gasteiger partial charge in [-0.2, -0.15) is 4.68 Å². The van der Waals surface area contributed by atoms with Gasteiger partial charge in [-0.15, -0.1) is 5.10 Å². The van der Waals surface area contributed by atoms with Gasteiger partial charge in [-0.05, 0) is 73.6 Å². The molecule has 8 heteroatoms. The molecule has 1 aliphatic rings. The number of rotatable bonds is 4. The first-order chi connectivity index (χ1) is 12.9. The molecule has 0 radical (unpaired) electrons. The molecule has 1 saturated carbocycles. The third kappa shape index (κ3) is 3.52. The average molecular weight is 392 g/mol. The number of halogens is 1. The highest BCUT2D eigenvalue weighted by molar-refractivity contribution is 6.31. The second-order valence-corrected chi connectivity index (χ2v) is 7.68. The Kier molecular flexibility index (Phi) is 5.69. The van der Waals surface area contributed by atoms with Crippen LogP contribution in [0.3, 0.4) is 0 Å². The number of tetrazole rings is 1. The predicted octanol–water partition coefficient (Wildman–Crippen LogP) is 4.12. The Hall–Kier alpha value is -2.15. The summed E-state index contributed by atoms with van der Waals surface area (Å²) >= 11 is 6.31. The van der Waals surface area contributed by atoms with Gasteiger partial charge < -0.3 is 4.74 Å². The zero-order chi connectivity index (χ0) is 19.6. The minimum Gasteiger partial charge on any atom is -0.450 e. The van der Waals surface area contributed by atoms with E-state index in [9.17, 15) is 4.79 Å². The van der Waals surface area contributed by atoms with Crippen LogP contribution in [0.5, 0.6) is 0 Å². The number of ether oxygens (including phenoxy) is 1. The van der Waals surface area contributed by atoms with Crippen LogP contribution in [0, 0.1) is 12.8 Å². The summed E-state index contributed by atoms with van der Waals surface area (Å²) in [6.07, 6.45) is 3.19. The van der Waals surface area contributed by atoms with Gasteiger partial charge in [-0.3, -0.25) is 4.90 Å². The van der Waals surface area contributed by atoms with Crippen molar-refractivity contribution >= 4 is 17.7 Å². The molecule has 3 rings (SSSR count). The fraction of sp³-hybridized carbons (Fsp3) is 0.579. The Labute approximate surface area is 164 Å². The van der Waals surface area contributed by atoms with Gasteiger partial charge in [0.15, 0.2) is 5.82 Å². The Morgan fingerprint density at radius 2 is 2.11 bits per heavy atom. The van der Waals surface area contributed by atoms with E-state index in [2.05, 4.69) is 22.4 Å². The number of hydrogen-bond donors (Lipinski definition) is 0. The van der Waals surface area contributed by atoms with E-state index < -0.39 is 5.54 Å². The van der Waals surface area contributed by atoms with E-state index in [-0.39, 0.29) is 6.09 Å². The van der Waals surface area contributed by atoms with Crippen molar-refractivity contribution < 1.29 is 9.53 Å². The van der Waals surface area contributed by atoms with Crippen LogP contribution < -0.4 is 0 Å². The first-order valence-electron chi connectivity index (χ1n) is 9.35. The van der Waals surface area contributed by atoms with Crippen molar-refractivity contribution in [3.63, 3.8) is 0 Å². The molecule has 146 valence electrons. The third-order valence-corrected chi connectivity index (χ3v) is 6.05. The molecular weight excluding hydrogens is 366 g/mol. The highest BCUT2D eigenvalue weighted by Crippen LogP contribution is 2.43. The normalized spacial score (nSPS) is 22.5. The van der Waals surface area contributed by atoms with E-state index >= 15 is 0 Å². The van der Waals surface area contributed by atoms with Crippen LogP contribution >= 0.6 is 11.6 Å². The minimum absolute atomic E-state index is 0.327. The van der Waals surface area contributed by atoms with Crippen LogP contribution in [-0.2, 0) is 10.3 Å². The molecule has 0 atom stereocenters. The fourth-order valence-corrected chi connectivity index (χ4v) is 3.98. The summed E-state index contributed by atoms with van der Waals surface area (Å²) in [4.78, 5) is 14.3. The van der Waals surface area contributed by atoms with Gasteiger partial charge in [0, 0.05) is 12.1 Å². The first-order valence-corrected chi connectivity index (χ1v) is 9.73. The van der Waals surface area contributed by atoms with E-state index in [1.54, 1.807) is 23.6 Å². The monoisotopic (exact) mass is 391 g/mol. The molecule has 1 heterocycles. The highest BCUT2D eigenvalue weighted by Gasteiger charge is 2.46. The lowest BCUT2D eigenvalue weighted by Gasteiger charge is -2.44. The minimum atomic E-state index is -0.614. The molecule has 27 heavy (non-hydrogen) atoms. The topological polar surface area (TPSA) is 73.1 Å². The Morgan fingerprint density at radius 3 is 2.78 bits per heavy atom. The molecule has 1 aliphatic carbocycles. The number of amides is 1. The molecule has 0 bridgehead atoms. The fourth-order valence-electron chi connectivity index (χ4n) is 3.81. The predicted molar refractivity (Wildman–Crippen MR) is 103 cm³/mol.